The summed E-state index contributed by atoms with van der Waals surface area (Å²) in [4.78, 5) is 10.7. The molecule has 0 aromatic heterocycles. The van der Waals surface area contributed by atoms with E-state index in [0.29, 0.717) is 10.6 Å². The van der Waals surface area contributed by atoms with Crippen molar-refractivity contribution < 1.29 is 9.13 Å². The summed E-state index contributed by atoms with van der Waals surface area (Å²) in [5, 5.41) is 14.1. The van der Waals surface area contributed by atoms with Gasteiger partial charge >= 0.3 is 0 Å². The first-order valence-electron chi connectivity index (χ1n) is 5.53. The van der Waals surface area contributed by atoms with Gasteiger partial charge < -0.3 is 5.32 Å². The molecule has 0 saturated carbocycles. The molecule has 0 radical (unpaired) electrons. The second-order valence-corrected chi connectivity index (χ2v) is 5.49. The zero-order chi connectivity index (χ0) is 12.3. The molecule has 1 aliphatic rings. The second kappa shape index (κ2) is 5.37. The number of hydrogen-bond acceptors (Lipinski definition) is 4. The van der Waals surface area contributed by atoms with E-state index in [2.05, 4.69) is 5.32 Å². The van der Waals surface area contributed by atoms with E-state index >= 15 is 0 Å². The number of nitro benzene ring substituents is 1. The van der Waals surface area contributed by atoms with Crippen molar-refractivity contribution in [1.82, 2.24) is 5.32 Å². The molecule has 6 heteroatoms. The fourth-order valence-electron chi connectivity index (χ4n) is 1.97. The van der Waals surface area contributed by atoms with Gasteiger partial charge in [0.05, 0.1) is 15.7 Å². The third-order valence-corrected chi connectivity index (χ3v) is 4.36. The molecule has 5 nitrogen and oxygen atoms in total. The van der Waals surface area contributed by atoms with Crippen molar-refractivity contribution >= 4 is 16.5 Å². The second-order valence-electron chi connectivity index (χ2n) is 4.03. The Hall–Kier alpha value is -1.27. The largest absolute Gasteiger partial charge is 0.313 e. The Balaban J connectivity index is 2.15. The normalized spacial score (nSPS) is 21.3. The van der Waals surface area contributed by atoms with E-state index in [1.807, 2.05) is 0 Å². The minimum atomic E-state index is -1.31. The molecule has 17 heavy (non-hydrogen) atoms. The number of benzene rings is 1. The fourth-order valence-corrected chi connectivity index (χ4v) is 3.41. The van der Waals surface area contributed by atoms with E-state index in [-0.39, 0.29) is 11.7 Å². The van der Waals surface area contributed by atoms with Crippen molar-refractivity contribution in [2.45, 2.75) is 23.8 Å². The molecule has 1 aliphatic heterocycles. The number of hydrogen-bond donors (Lipinski definition) is 1. The lowest BCUT2D eigenvalue weighted by atomic mass is 10.3. The van der Waals surface area contributed by atoms with E-state index in [9.17, 15) is 14.3 Å². The van der Waals surface area contributed by atoms with Crippen LogP contribution in [0.4, 0.5) is 5.69 Å². The minimum Gasteiger partial charge on any atom is -0.313 e. The van der Waals surface area contributed by atoms with Crippen molar-refractivity contribution in [3.63, 3.8) is 0 Å². The summed E-state index contributed by atoms with van der Waals surface area (Å²) in [6.45, 7) is 0.943. The molecule has 1 N–H and O–H groups in total. The Labute approximate surface area is 102 Å². The average molecular weight is 254 g/mol. The molecular formula is C11H14N2O3S. The Bertz CT molecular complexity index is 444. The molecule has 2 rings (SSSR count). The van der Waals surface area contributed by atoms with Crippen LogP contribution in [-0.4, -0.2) is 27.5 Å². The molecule has 1 aromatic rings. The molecule has 0 bridgehead atoms. The van der Waals surface area contributed by atoms with Crippen molar-refractivity contribution in [2.24, 2.45) is 0 Å². The highest BCUT2D eigenvalue weighted by Crippen LogP contribution is 2.22. The molecule has 2 atom stereocenters. The maximum Gasteiger partial charge on any atom is 0.285 e. The van der Waals surface area contributed by atoms with Crippen molar-refractivity contribution in [2.75, 3.05) is 12.3 Å². The van der Waals surface area contributed by atoms with Crippen LogP contribution in [0.1, 0.15) is 12.8 Å². The molecule has 1 heterocycles. The topological polar surface area (TPSA) is 72.2 Å². The lowest BCUT2D eigenvalue weighted by Gasteiger charge is -2.09. The third kappa shape index (κ3) is 2.89. The van der Waals surface area contributed by atoms with Crippen LogP contribution < -0.4 is 5.32 Å². The van der Waals surface area contributed by atoms with Crippen LogP contribution in [0.5, 0.6) is 0 Å². The van der Waals surface area contributed by atoms with E-state index in [4.69, 9.17) is 0 Å². The maximum atomic E-state index is 12.1. The first-order valence-corrected chi connectivity index (χ1v) is 6.85. The lowest BCUT2D eigenvalue weighted by Crippen LogP contribution is -2.27. The summed E-state index contributed by atoms with van der Waals surface area (Å²) in [5.41, 5.74) is -0.0520. The Morgan fingerprint density at radius 2 is 2.24 bits per heavy atom. The van der Waals surface area contributed by atoms with Gasteiger partial charge in [-0.05, 0) is 25.5 Å². The van der Waals surface area contributed by atoms with Crippen LogP contribution in [0, 0.1) is 10.1 Å². The van der Waals surface area contributed by atoms with Crippen LogP contribution in [0.2, 0.25) is 0 Å². The molecule has 0 aliphatic carbocycles. The van der Waals surface area contributed by atoms with Gasteiger partial charge in [0.1, 0.15) is 4.90 Å². The zero-order valence-electron chi connectivity index (χ0n) is 9.30. The molecule has 1 saturated heterocycles. The van der Waals surface area contributed by atoms with Gasteiger partial charge in [-0.3, -0.25) is 14.3 Å². The van der Waals surface area contributed by atoms with Gasteiger partial charge in [0.15, 0.2) is 0 Å². The average Bonchev–Trinajstić information content (AvgIpc) is 2.81. The van der Waals surface area contributed by atoms with Crippen LogP contribution in [-0.2, 0) is 10.8 Å². The smallest absolute Gasteiger partial charge is 0.285 e. The zero-order valence-corrected chi connectivity index (χ0v) is 10.1. The maximum absolute atomic E-state index is 12.1. The van der Waals surface area contributed by atoms with Crippen LogP contribution in [0.25, 0.3) is 0 Å². The van der Waals surface area contributed by atoms with Crippen LogP contribution in [0.15, 0.2) is 29.2 Å². The van der Waals surface area contributed by atoms with E-state index < -0.39 is 15.7 Å². The summed E-state index contributed by atoms with van der Waals surface area (Å²) in [6, 6.07) is 6.46. The molecule has 1 fully saturated rings. The first-order chi connectivity index (χ1) is 8.18. The SMILES string of the molecule is O=[N+]([O-])c1ccccc1S(=O)C[C@H]1CCCN1. The Morgan fingerprint density at radius 1 is 1.47 bits per heavy atom. The monoisotopic (exact) mass is 254 g/mol. The van der Waals surface area contributed by atoms with E-state index in [1.54, 1.807) is 18.2 Å². The number of nitrogens with zero attached hydrogens (tertiary/aromatic N) is 1. The Kier molecular flexibility index (Phi) is 3.86. The van der Waals surface area contributed by atoms with Gasteiger partial charge in [-0.1, -0.05) is 12.1 Å². The van der Waals surface area contributed by atoms with Gasteiger partial charge in [0.2, 0.25) is 0 Å². The van der Waals surface area contributed by atoms with E-state index in [0.717, 1.165) is 19.4 Å². The highest BCUT2D eigenvalue weighted by molar-refractivity contribution is 7.85. The lowest BCUT2D eigenvalue weighted by molar-refractivity contribution is -0.387. The van der Waals surface area contributed by atoms with Gasteiger partial charge in [-0.25, -0.2) is 0 Å². The molecule has 1 aromatic carbocycles. The molecular weight excluding hydrogens is 240 g/mol. The highest BCUT2D eigenvalue weighted by atomic mass is 32.2. The summed E-state index contributed by atoms with van der Waals surface area (Å²) in [7, 11) is -1.31. The van der Waals surface area contributed by atoms with Crippen LogP contribution in [0.3, 0.4) is 0 Å². The van der Waals surface area contributed by atoms with Crippen molar-refractivity contribution in [1.29, 1.82) is 0 Å². The number of nitro groups is 1. The minimum absolute atomic E-state index is 0.0520. The molecule has 1 unspecified atom stereocenters. The van der Waals surface area contributed by atoms with Gasteiger partial charge in [0.25, 0.3) is 5.69 Å². The number of rotatable bonds is 4. The predicted molar refractivity (Wildman–Crippen MR) is 65.4 cm³/mol. The fraction of sp³-hybridized carbons (Fsp3) is 0.455. The summed E-state index contributed by atoms with van der Waals surface area (Å²) >= 11 is 0. The Morgan fingerprint density at radius 3 is 2.88 bits per heavy atom. The van der Waals surface area contributed by atoms with Gasteiger partial charge in [-0.2, -0.15) is 0 Å². The third-order valence-electron chi connectivity index (χ3n) is 2.82. The standard InChI is InChI=1S/C11H14N2O3S/c14-13(15)10-5-1-2-6-11(10)17(16)8-9-4-3-7-12-9/h1-2,5-6,9,12H,3-4,7-8H2/t9-,17?/m1/s1. The molecule has 0 spiro atoms. The van der Waals surface area contributed by atoms with Crippen molar-refractivity contribution in [3.8, 4) is 0 Å². The van der Waals surface area contributed by atoms with Gasteiger partial charge in [-0.15, -0.1) is 0 Å². The quantitative estimate of drug-likeness (QED) is 0.652. The summed E-state index contributed by atoms with van der Waals surface area (Å²) in [6.07, 6.45) is 2.07. The first kappa shape index (κ1) is 12.2. The number of para-hydroxylation sites is 1. The van der Waals surface area contributed by atoms with Crippen LogP contribution >= 0.6 is 0 Å². The van der Waals surface area contributed by atoms with Crippen molar-refractivity contribution in [3.05, 3.63) is 34.4 Å². The predicted octanol–water partition coefficient (Wildman–Crippen LogP) is 1.45. The van der Waals surface area contributed by atoms with E-state index in [1.165, 1.54) is 6.07 Å². The summed E-state index contributed by atoms with van der Waals surface area (Å²) < 4.78 is 12.1. The van der Waals surface area contributed by atoms with Gasteiger partial charge in [0, 0.05) is 17.9 Å². The highest BCUT2D eigenvalue weighted by Gasteiger charge is 2.22. The summed E-state index contributed by atoms with van der Waals surface area (Å²) in [5.74, 6) is 0.449. The molecule has 0 amide bonds. The number of nitrogens with one attached hydrogen (secondary N) is 1. The molecule has 92 valence electrons.